The van der Waals surface area contributed by atoms with Gasteiger partial charge >= 0.3 is 6.18 Å². The monoisotopic (exact) mass is 429 g/mol. The summed E-state index contributed by atoms with van der Waals surface area (Å²) < 4.78 is 66.7. The Morgan fingerprint density at radius 2 is 1.64 bits per heavy atom. The van der Waals surface area contributed by atoms with Gasteiger partial charge in [0.1, 0.15) is 16.3 Å². The Kier molecular flexibility index (Phi) is 5.05. The lowest BCUT2D eigenvalue weighted by Crippen LogP contribution is -2.15. The van der Waals surface area contributed by atoms with Gasteiger partial charge < -0.3 is 0 Å². The topological polar surface area (TPSA) is 74.8 Å². The van der Waals surface area contributed by atoms with Crippen LogP contribution in [-0.4, -0.2) is 18.6 Å². The Balaban J connectivity index is 1.97. The number of aromatic nitrogens is 2. The zero-order valence-corrected chi connectivity index (χ0v) is 17.2. The third-order valence-corrected chi connectivity index (χ3v) is 6.89. The van der Waals surface area contributed by atoms with Crippen molar-refractivity contribution in [3.05, 3.63) is 51.5 Å². The van der Waals surface area contributed by atoms with Crippen LogP contribution in [0.15, 0.2) is 29.2 Å². The summed E-state index contributed by atoms with van der Waals surface area (Å²) in [6.45, 7) is 7.15. The first-order chi connectivity index (χ1) is 12.9. The number of alkyl halides is 3. The van der Waals surface area contributed by atoms with Gasteiger partial charge in [0, 0.05) is 4.88 Å². The van der Waals surface area contributed by atoms with Gasteiger partial charge in [-0.25, -0.2) is 8.42 Å². The Morgan fingerprint density at radius 1 is 1.04 bits per heavy atom. The van der Waals surface area contributed by atoms with E-state index in [0.29, 0.717) is 15.4 Å². The average Bonchev–Trinajstić information content (AvgIpc) is 3.17. The molecule has 1 aromatic carbocycles. The summed E-state index contributed by atoms with van der Waals surface area (Å²) in [5, 5.41) is 5.60. The second kappa shape index (κ2) is 6.93. The number of halogens is 3. The van der Waals surface area contributed by atoms with Crippen molar-refractivity contribution < 1.29 is 21.6 Å². The van der Waals surface area contributed by atoms with Crippen LogP contribution in [-0.2, 0) is 16.2 Å². The van der Waals surface area contributed by atoms with Gasteiger partial charge in [0.2, 0.25) is 0 Å². The van der Waals surface area contributed by atoms with Crippen molar-refractivity contribution in [2.24, 2.45) is 0 Å². The van der Waals surface area contributed by atoms with Crippen LogP contribution in [0.1, 0.15) is 27.3 Å². The minimum Gasteiger partial charge on any atom is -0.279 e. The zero-order valence-electron chi connectivity index (χ0n) is 15.5. The van der Waals surface area contributed by atoms with E-state index >= 15 is 0 Å². The molecule has 2 aromatic heterocycles. The smallest absolute Gasteiger partial charge is 0.279 e. The zero-order chi connectivity index (χ0) is 20.9. The molecule has 0 saturated carbocycles. The number of anilines is 1. The number of aryl methyl sites for hydroxylation is 4. The molecule has 10 heteroatoms. The highest BCUT2D eigenvalue weighted by Gasteiger charge is 2.33. The molecular formula is C18H18F3N3O2S2. The molecule has 0 fully saturated rings. The SMILES string of the molecule is Cc1cc(C)c(NS(=O)(=O)c2cc(-c3cc(C(F)(F)F)[nH]n3)sc2C)c(C)c1. The van der Waals surface area contributed by atoms with Crippen molar-refractivity contribution in [3.8, 4) is 10.6 Å². The van der Waals surface area contributed by atoms with Gasteiger partial charge in [-0.3, -0.25) is 9.82 Å². The largest absolute Gasteiger partial charge is 0.432 e. The predicted octanol–water partition coefficient (Wildman–Crippen LogP) is 5.19. The van der Waals surface area contributed by atoms with Crippen molar-refractivity contribution in [3.63, 3.8) is 0 Å². The van der Waals surface area contributed by atoms with Gasteiger partial charge in [0.25, 0.3) is 10.0 Å². The van der Waals surface area contributed by atoms with Crippen LogP contribution in [0, 0.1) is 27.7 Å². The normalized spacial score (nSPS) is 12.4. The molecule has 3 aromatic rings. The number of rotatable bonds is 4. The maximum Gasteiger partial charge on any atom is 0.432 e. The third-order valence-electron chi connectivity index (χ3n) is 4.21. The van der Waals surface area contributed by atoms with E-state index in [1.807, 2.05) is 38.0 Å². The molecule has 0 unspecified atom stereocenters. The minimum atomic E-state index is -4.55. The first-order valence-corrected chi connectivity index (χ1v) is 10.5. The van der Waals surface area contributed by atoms with Gasteiger partial charge in [0.15, 0.2) is 0 Å². The first-order valence-electron chi connectivity index (χ1n) is 8.22. The van der Waals surface area contributed by atoms with E-state index < -0.39 is 21.9 Å². The molecule has 0 radical (unpaired) electrons. The van der Waals surface area contributed by atoms with E-state index in [2.05, 4.69) is 9.82 Å². The summed E-state index contributed by atoms with van der Waals surface area (Å²) >= 11 is 1.07. The maximum atomic E-state index is 12.9. The van der Waals surface area contributed by atoms with E-state index in [9.17, 15) is 21.6 Å². The molecule has 0 amide bonds. The second-order valence-corrected chi connectivity index (χ2v) is 9.48. The third kappa shape index (κ3) is 3.93. The van der Waals surface area contributed by atoms with E-state index in [4.69, 9.17) is 0 Å². The number of nitrogens with one attached hydrogen (secondary N) is 2. The van der Waals surface area contributed by atoms with Crippen LogP contribution in [0.2, 0.25) is 0 Å². The summed E-state index contributed by atoms with van der Waals surface area (Å²) in [6, 6.07) is 5.96. The van der Waals surface area contributed by atoms with Gasteiger partial charge in [-0.1, -0.05) is 17.7 Å². The predicted molar refractivity (Wildman–Crippen MR) is 103 cm³/mol. The molecule has 2 heterocycles. The number of nitrogens with zero attached hydrogens (tertiary/aromatic N) is 1. The molecule has 0 spiro atoms. The molecule has 0 aliphatic rings. The highest BCUT2D eigenvalue weighted by Crippen LogP contribution is 2.36. The molecule has 0 aliphatic heterocycles. The molecule has 0 aliphatic carbocycles. The van der Waals surface area contributed by atoms with Crippen LogP contribution >= 0.6 is 11.3 Å². The Labute approximate surface area is 164 Å². The van der Waals surface area contributed by atoms with E-state index in [1.165, 1.54) is 6.07 Å². The lowest BCUT2D eigenvalue weighted by Gasteiger charge is -2.14. The number of hydrogen-bond donors (Lipinski definition) is 2. The number of hydrogen-bond acceptors (Lipinski definition) is 4. The fourth-order valence-corrected chi connectivity index (χ4v) is 5.74. The van der Waals surface area contributed by atoms with Crippen molar-refractivity contribution >= 4 is 27.0 Å². The molecule has 3 rings (SSSR count). The summed E-state index contributed by atoms with van der Waals surface area (Å²) in [5.41, 5.74) is 2.15. The highest BCUT2D eigenvalue weighted by molar-refractivity contribution is 7.93. The van der Waals surface area contributed by atoms with Crippen LogP contribution in [0.5, 0.6) is 0 Å². The molecular weight excluding hydrogens is 411 g/mol. The number of thiophene rings is 1. The minimum absolute atomic E-state index is 0.0171. The first kappa shape index (κ1) is 20.4. The molecule has 150 valence electrons. The average molecular weight is 429 g/mol. The van der Waals surface area contributed by atoms with Crippen LogP contribution in [0.4, 0.5) is 18.9 Å². The van der Waals surface area contributed by atoms with Gasteiger partial charge in [0.05, 0.1) is 10.6 Å². The fraction of sp³-hybridized carbons (Fsp3) is 0.278. The van der Waals surface area contributed by atoms with E-state index in [1.54, 1.807) is 6.92 Å². The van der Waals surface area contributed by atoms with Crippen molar-refractivity contribution in [2.75, 3.05) is 4.72 Å². The quantitative estimate of drug-likeness (QED) is 0.599. The lowest BCUT2D eigenvalue weighted by atomic mass is 10.1. The summed E-state index contributed by atoms with van der Waals surface area (Å²) in [4.78, 5) is 0.812. The summed E-state index contributed by atoms with van der Waals surface area (Å²) in [7, 11) is -3.91. The Hall–Kier alpha value is -2.33. The number of H-pyrrole nitrogens is 1. The molecule has 5 nitrogen and oxygen atoms in total. The van der Waals surface area contributed by atoms with Crippen molar-refractivity contribution in [1.29, 1.82) is 0 Å². The van der Waals surface area contributed by atoms with Gasteiger partial charge in [-0.15, -0.1) is 11.3 Å². The second-order valence-electron chi connectivity index (χ2n) is 6.57. The number of aromatic amines is 1. The fourth-order valence-electron chi connectivity index (χ4n) is 2.98. The van der Waals surface area contributed by atoms with Gasteiger partial charge in [-0.05, 0) is 51.0 Å². The van der Waals surface area contributed by atoms with E-state index in [0.717, 1.165) is 34.1 Å². The number of sulfonamides is 1. The molecule has 28 heavy (non-hydrogen) atoms. The van der Waals surface area contributed by atoms with Crippen molar-refractivity contribution in [1.82, 2.24) is 10.2 Å². The Bertz CT molecular complexity index is 1120. The molecule has 0 saturated heterocycles. The molecule has 2 N–H and O–H groups in total. The van der Waals surface area contributed by atoms with Gasteiger partial charge in [-0.2, -0.15) is 18.3 Å². The summed E-state index contributed by atoms with van der Waals surface area (Å²) in [6.07, 6.45) is -4.55. The van der Waals surface area contributed by atoms with Crippen LogP contribution in [0.3, 0.4) is 0 Å². The Morgan fingerprint density at radius 3 is 2.18 bits per heavy atom. The standard InChI is InChI=1S/C18H18F3N3O2S2/c1-9-5-10(2)17(11(3)6-9)24-28(25,26)15-8-14(27-12(15)4)13-7-16(23-22-13)18(19,20)21/h5-8,24H,1-4H3,(H,22,23). The molecule has 0 bridgehead atoms. The van der Waals surface area contributed by atoms with E-state index in [-0.39, 0.29) is 10.6 Å². The van der Waals surface area contributed by atoms with Crippen molar-refractivity contribution in [2.45, 2.75) is 38.8 Å². The van der Waals surface area contributed by atoms with Crippen LogP contribution in [0.25, 0.3) is 10.6 Å². The van der Waals surface area contributed by atoms with Crippen LogP contribution < -0.4 is 4.72 Å². The lowest BCUT2D eigenvalue weighted by molar-refractivity contribution is -0.141. The number of benzene rings is 1. The maximum absolute atomic E-state index is 12.9. The highest BCUT2D eigenvalue weighted by atomic mass is 32.2. The summed E-state index contributed by atoms with van der Waals surface area (Å²) in [5.74, 6) is 0. The molecule has 0 atom stereocenters.